The molecule has 1 aromatic rings. The van der Waals surface area contributed by atoms with Gasteiger partial charge in [0, 0.05) is 6.54 Å². The van der Waals surface area contributed by atoms with Crippen molar-refractivity contribution in [3.05, 3.63) is 36.3 Å². The molecule has 1 amide bonds. The quantitative estimate of drug-likeness (QED) is 0.812. The zero-order valence-corrected chi connectivity index (χ0v) is 10.2. The highest BCUT2D eigenvalue weighted by Crippen LogP contribution is 2.33. The maximum Gasteiger partial charge on any atom is 0.286 e. The molecule has 0 aromatic carbocycles. The van der Waals surface area contributed by atoms with Crippen molar-refractivity contribution in [2.24, 2.45) is 11.8 Å². The molecular weight excluding hydrogens is 214 g/mol. The molecule has 2 rings (SSSR count). The Labute approximate surface area is 102 Å². The number of furan rings is 1. The van der Waals surface area contributed by atoms with Gasteiger partial charge in [-0.3, -0.25) is 4.79 Å². The molecule has 0 bridgehead atoms. The number of amides is 1. The molecule has 1 aromatic heterocycles. The monoisotopic (exact) mass is 233 g/mol. The molecular formula is C14H19NO2. The van der Waals surface area contributed by atoms with Crippen molar-refractivity contribution in [1.29, 1.82) is 0 Å². The van der Waals surface area contributed by atoms with Gasteiger partial charge in [0.1, 0.15) is 0 Å². The van der Waals surface area contributed by atoms with Gasteiger partial charge in [0.05, 0.1) is 6.26 Å². The molecule has 0 radical (unpaired) electrons. The van der Waals surface area contributed by atoms with E-state index in [-0.39, 0.29) is 5.91 Å². The molecule has 0 saturated heterocycles. The van der Waals surface area contributed by atoms with Crippen molar-refractivity contribution < 1.29 is 9.21 Å². The minimum absolute atomic E-state index is 0.126. The fraction of sp³-hybridized carbons (Fsp3) is 0.500. The number of nitrogens with one attached hydrogen (secondary N) is 1. The van der Waals surface area contributed by atoms with Crippen LogP contribution in [0.15, 0.2) is 35.0 Å². The summed E-state index contributed by atoms with van der Waals surface area (Å²) in [5.41, 5.74) is 1.35. The van der Waals surface area contributed by atoms with Gasteiger partial charge in [0.15, 0.2) is 5.76 Å². The average Bonchev–Trinajstić information content (AvgIpc) is 2.95. The van der Waals surface area contributed by atoms with E-state index in [1.165, 1.54) is 18.3 Å². The molecule has 1 heterocycles. The summed E-state index contributed by atoms with van der Waals surface area (Å²) in [4.78, 5) is 11.7. The molecule has 3 nitrogen and oxygen atoms in total. The molecule has 1 saturated carbocycles. The Bertz CT molecular complexity index is 394. The van der Waals surface area contributed by atoms with E-state index in [9.17, 15) is 4.79 Å². The fourth-order valence-corrected chi connectivity index (χ4v) is 2.37. The molecule has 92 valence electrons. The van der Waals surface area contributed by atoms with Crippen molar-refractivity contribution in [2.45, 2.75) is 26.2 Å². The summed E-state index contributed by atoms with van der Waals surface area (Å²) in [5, 5.41) is 2.91. The Kier molecular flexibility index (Phi) is 3.67. The van der Waals surface area contributed by atoms with Crippen LogP contribution >= 0.6 is 0 Å². The van der Waals surface area contributed by atoms with Crippen LogP contribution in [0.1, 0.15) is 36.7 Å². The van der Waals surface area contributed by atoms with Gasteiger partial charge >= 0.3 is 0 Å². The topological polar surface area (TPSA) is 42.2 Å². The molecule has 0 aliphatic heterocycles. The maximum atomic E-state index is 11.7. The van der Waals surface area contributed by atoms with Crippen LogP contribution in [0.5, 0.6) is 0 Å². The first-order valence-electron chi connectivity index (χ1n) is 6.15. The van der Waals surface area contributed by atoms with E-state index in [1.54, 1.807) is 12.1 Å². The first-order chi connectivity index (χ1) is 8.16. The number of carbonyl (C=O) groups excluding carboxylic acids is 1. The molecule has 1 fully saturated rings. The minimum atomic E-state index is -0.126. The van der Waals surface area contributed by atoms with Gasteiger partial charge < -0.3 is 9.73 Å². The van der Waals surface area contributed by atoms with Gasteiger partial charge in [0.2, 0.25) is 0 Å². The number of hydrogen-bond acceptors (Lipinski definition) is 2. The lowest BCUT2D eigenvalue weighted by Crippen LogP contribution is -2.30. The molecule has 2 atom stereocenters. The van der Waals surface area contributed by atoms with E-state index in [4.69, 9.17) is 4.42 Å². The molecule has 1 aliphatic carbocycles. The molecule has 1 aliphatic rings. The Morgan fingerprint density at radius 2 is 2.53 bits per heavy atom. The van der Waals surface area contributed by atoms with Gasteiger partial charge in [-0.05, 0) is 43.2 Å². The second-order valence-electron chi connectivity index (χ2n) is 4.92. The minimum Gasteiger partial charge on any atom is -0.459 e. The van der Waals surface area contributed by atoms with Crippen LogP contribution in [0, 0.1) is 11.8 Å². The zero-order chi connectivity index (χ0) is 12.3. The standard InChI is InChI=1S/C14H19NO2/c1-10-5-6-12(8-10)11(2)9-15-14(16)13-4-3-7-17-13/h3-4,7,11-12H,1,5-6,8-9H2,2H3,(H,15,16)/t11-,12+/m0/s1. The van der Waals surface area contributed by atoms with E-state index in [0.29, 0.717) is 24.1 Å². The lowest BCUT2D eigenvalue weighted by Gasteiger charge is -2.18. The Morgan fingerprint density at radius 3 is 3.12 bits per heavy atom. The summed E-state index contributed by atoms with van der Waals surface area (Å²) in [6.45, 7) is 6.91. The smallest absolute Gasteiger partial charge is 0.286 e. The van der Waals surface area contributed by atoms with Crippen LogP contribution in [-0.2, 0) is 0 Å². The van der Waals surface area contributed by atoms with Crippen molar-refractivity contribution in [3.8, 4) is 0 Å². The Hall–Kier alpha value is -1.51. The SMILES string of the molecule is C=C1CC[C@@H]([C@@H](C)CNC(=O)c2ccco2)C1. The lowest BCUT2D eigenvalue weighted by molar-refractivity contribution is 0.0916. The Morgan fingerprint density at radius 1 is 1.71 bits per heavy atom. The van der Waals surface area contributed by atoms with Gasteiger partial charge in [-0.25, -0.2) is 0 Å². The van der Waals surface area contributed by atoms with Gasteiger partial charge in [-0.2, -0.15) is 0 Å². The molecule has 17 heavy (non-hydrogen) atoms. The molecule has 3 heteroatoms. The predicted octanol–water partition coefficient (Wildman–Crippen LogP) is 3.00. The fourth-order valence-electron chi connectivity index (χ4n) is 2.37. The van der Waals surface area contributed by atoms with Crippen LogP contribution < -0.4 is 5.32 Å². The Balaban J connectivity index is 1.78. The molecule has 0 spiro atoms. The molecule has 1 N–H and O–H groups in total. The van der Waals surface area contributed by atoms with Crippen LogP contribution in [-0.4, -0.2) is 12.5 Å². The predicted molar refractivity (Wildman–Crippen MR) is 66.7 cm³/mol. The van der Waals surface area contributed by atoms with E-state index >= 15 is 0 Å². The van der Waals surface area contributed by atoms with Crippen molar-refractivity contribution in [3.63, 3.8) is 0 Å². The van der Waals surface area contributed by atoms with Crippen LogP contribution in [0.2, 0.25) is 0 Å². The van der Waals surface area contributed by atoms with Crippen molar-refractivity contribution >= 4 is 5.91 Å². The number of hydrogen-bond donors (Lipinski definition) is 1. The summed E-state index contributed by atoms with van der Waals surface area (Å²) < 4.78 is 5.04. The lowest BCUT2D eigenvalue weighted by atomic mass is 9.92. The first-order valence-corrected chi connectivity index (χ1v) is 6.15. The number of rotatable bonds is 4. The zero-order valence-electron chi connectivity index (χ0n) is 10.2. The van der Waals surface area contributed by atoms with E-state index in [1.807, 2.05) is 0 Å². The summed E-state index contributed by atoms with van der Waals surface area (Å²) >= 11 is 0. The first kappa shape index (κ1) is 12.0. The summed E-state index contributed by atoms with van der Waals surface area (Å²) in [6, 6.07) is 3.40. The number of carbonyl (C=O) groups is 1. The highest BCUT2D eigenvalue weighted by molar-refractivity contribution is 5.91. The average molecular weight is 233 g/mol. The molecule has 0 unspecified atom stereocenters. The van der Waals surface area contributed by atoms with E-state index < -0.39 is 0 Å². The summed E-state index contributed by atoms with van der Waals surface area (Å²) in [6.07, 6.45) is 4.97. The van der Waals surface area contributed by atoms with Gasteiger partial charge in [-0.1, -0.05) is 19.1 Å². The van der Waals surface area contributed by atoms with E-state index in [2.05, 4.69) is 18.8 Å². The normalized spacial score (nSPS) is 21.5. The van der Waals surface area contributed by atoms with Crippen molar-refractivity contribution in [1.82, 2.24) is 5.32 Å². The third-order valence-corrected chi connectivity index (χ3v) is 3.55. The van der Waals surface area contributed by atoms with Crippen LogP contribution in [0.3, 0.4) is 0 Å². The van der Waals surface area contributed by atoms with E-state index in [0.717, 1.165) is 12.8 Å². The third-order valence-electron chi connectivity index (χ3n) is 3.55. The number of allylic oxidation sites excluding steroid dienone is 1. The third kappa shape index (κ3) is 2.99. The van der Waals surface area contributed by atoms with Crippen LogP contribution in [0.25, 0.3) is 0 Å². The second-order valence-corrected chi connectivity index (χ2v) is 4.92. The maximum absolute atomic E-state index is 11.7. The summed E-state index contributed by atoms with van der Waals surface area (Å²) in [5.74, 6) is 1.42. The second kappa shape index (κ2) is 5.21. The van der Waals surface area contributed by atoms with Gasteiger partial charge in [-0.15, -0.1) is 0 Å². The van der Waals surface area contributed by atoms with Gasteiger partial charge in [0.25, 0.3) is 5.91 Å². The highest BCUT2D eigenvalue weighted by atomic mass is 16.3. The van der Waals surface area contributed by atoms with Crippen LogP contribution in [0.4, 0.5) is 0 Å². The van der Waals surface area contributed by atoms with Crippen molar-refractivity contribution in [2.75, 3.05) is 6.54 Å². The summed E-state index contributed by atoms with van der Waals surface area (Å²) in [7, 11) is 0. The highest BCUT2D eigenvalue weighted by Gasteiger charge is 2.24. The largest absolute Gasteiger partial charge is 0.459 e.